The average Bonchev–Trinajstić information content (AvgIpc) is 3.09. The Labute approximate surface area is 225 Å². The first kappa shape index (κ1) is 30.4. The predicted octanol–water partition coefficient (Wildman–Crippen LogP) is 6.67. The van der Waals surface area contributed by atoms with Crippen molar-refractivity contribution in [3.8, 4) is 6.07 Å². The van der Waals surface area contributed by atoms with Gasteiger partial charge in [-0.15, -0.1) is 0 Å². The Bertz CT molecular complexity index is 1150. The number of nitrogens with zero attached hydrogens (tertiary/aromatic N) is 3. The minimum atomic E-state index is -4.49. The van der Waals surface area contributed by atoms with Gasteiger partial charge in [-0.25, -0.2) is 14.6 Å². The molecule has 2 rings (SSSR count). The third-order valence-corrected chi connectivity index (χ3v) is 6.14. The smallest absolute Gasteiger partial charge is 0.416 e. The van der Waals surface area contributed by atoms with Crippen molar-refractivity contribution in [1.82, 2.24) is 10.3 Å². The van der Waals surface area contributed by atoms with Gasteiger partial charge in [-0.3, -0.25) is 4.90 Å². The fraction of sp³-hybridized carbons (Fsp3) is 0.500. The van der Waals surface area contributed by atoms with Crippen molar-refractivity contribution in [2.45, 2.75) is 71.4 Å². The fourth-order valence-corrected chi connectivity index (χ4v) is 4.35. The molecule has 0 aliphatic heterocycles. The Hall–Kier alpha value is -2.85. The van der Waals surface area contributed by atoms with E-state index in [0.29, 0.717) is 9.35 Å². The van der Waals surface area contributed by atoms with Crippen molar-refractivity contribution in [2.24, 2.45) is 0 Å². The summed E-state index contributed by atoms with van der Waals surface area (Å²) < 4.78 is 50.2. The van der Waals surface area contributed by atoms with Crippen LogP contribution in [0, 0.1) is 11.3 Å². The molecule has 1 heterocycles. The number of hydrogen-bond acceptors (Lipinski definition) is 7. The van der Waals surface area contributed by atoms with E-state index >= 15 is 0 Å². The third-order valence-electron chi connectivity index (χ3n) is 4.41. The number of thiazole rings is 1. The van der Waals surface area contributed by atoms with Gasteiger partial charge in [0.15, 0.2) is 10.8 Å². The highest BCUT2D eigenvalue weighted by Crippen LogP contribution is 2.32. The lowest BCUT2D eigenvalue weighted by Gasteiger charge is -2.30. The van der Waals surface area contributed by atoms with Crippen molar-refractivity contribution >= 4 is 44.6 Å². The number of ether oxygens (including phenoxy) is 2. The highest BCUT2D eigenvalue weighted by atomic mass is 79.9. The maximum Gasteiger partial charge on any atom is 0.416 e. The van der Waals surface area contributed by atoms with Crippen molar-refractivity contribution in [3.63, 3.8) is 0 Å². The summed E-state index contributed by atoms with van der Waals surface area (Å²) in [6.45, 7) is 9.92. The van der Waals surface area contributed by atoms with Crippen LogP contribution in [0.2, 0.25) is 0 Å². The second-order valence-electron chi connectivity index (χ2n) is 10.1. The van der Waals surface area contributed by atoms with Gasteiger partial charge in [-0.2, -0.15) is 18.4 Å². The molecule has 202 valence electrons. The van der Waals surface area contributed by atoms with E-state index in [1.54, 1.807) is 41.5 Å². The van der Waals surface area contributed by atoms with Crippen molar-refractivity contribution in [3.05, 3.63) is 44.9 Å². The molecule has 1 aromatic heterocycles. The Morgan fingerprint density at radius 2 is 1.68 bits per heavy atom. The van der Waals surface area contributed by atoms with Gasteiger partial charge >= 0.3 is 18.4 Å². The molecule has 1 aromatic carbocycles. The summed E-state index contributed by atoms with van der Waals surface area (Å²) in [5.41, 5.74) is -1.93. The van der Waals surface area contributed by atoms with E-state index in [0.717, 1.165) is 23.5 Å². The van der Waals surface area contributed by atoms with Crippen LogP contribution < -0.4 is 10.2 Å². The molecule has 37 heavy (non-hydrogen) atoms. The molecule has 8 nitrogen and oxygen atoms in total. The first-order valence-corrected chi connectivity index (χ1v) is 12.7. The fourth-order valence-electron chi connectivity index (χ4n) is 2.99. The number of rotatable bonds is 6. The lowest BCUT2D eigenvalue weighted by Crippen LogP contribution is -2.49. The number of alkyl halides is 3. The molecule has 0 fully saturated rings. The van der Waals surface area contributed by atoms with Crippen LogP contribution in [0.3, 0.4) is 0 Å². The first-order chi connectivity index (χ1) is 16.9. The number of nitriles is 1. The zero-order valence-electron chi connectivity index (χ0n) is 21.2. The van der Waals surface area contributed by atoms with Gasteiger partial charge in [0, 0.05) is 0 Å². The minimum absolute atomic E-state index is 0.0629. The molecule has 13 heteroatoms. The molecule has 1 atom stereocenters. The van der Waals surface area contributed by atoms with Crippen LogP contribution in [-0.2, 0) is 22.1 Å². The molecule has 0 bridgehead atoms. The van der Waals surface area contributed by atoms with E-state index in [2.05, 4.69) is 26.2 Å². The SMILES string of the molecule is CC(C)(C)OC(=O)NC(Cc1ccc(C(F)(F)F)cc1)CN(C(=O)OC(C)(C)C)c1nc(C#N)c(Br)s1. The van der Waals surface area contributed by atoms with Gasteiger partial charge in [-0.05, 0) is 81.6 Å². The quantitative estimate of drug-likeness (QED) is 0.394. The molecule has 0 aliphatic carbocycles. The molecular weight excluding hydrogens is 577 g/mol. The predicted molar refractivity (Wildman–Crippen MR) is 136 cm³/mol. The second-order valence-corrected chi connectivity index (χ2v) is 12.4. The number of halogens is 4. The van der Waals surface area contributed by atoms with E-state index in [9.17, 15) is 28.0 Å². The normalized spacial score (nSPS) is 12.9. The Morgan fingerprint density at radius 3 is 2.14 bits per heavy atom. The Balaban J connectivity index is 2.42. The molecule has 0 saturated carbocycles. The molecule has 2 amide bonds. The Morgan fingerprint density at radius 1 is 1.11 bits per heavy atom. The number of aromatic nitrogens is 1. The number of benzene rings is 1. The summed E-state index contributed by atoms with van der Waals surface area (Å²) in [7, 11) is 0. The van der Waals surface area contributed by atoms with Gasteiger partial charge in [0.1, 0.15) is 21.1 Å². The van der Waals surface area contributed by atoms with Crippen molar-refractivity contribution < 1.29 is 32.2 Å². The number of carbonyl (C=O) groups excluding carboxylic acids is 2. The van der Waals surface area contributed by atoms with Gasteiger partial charge in [0.25, 0.3) is 0 Å². The zero-order chi connectivity index (χ0) is 28.2. The second kappa shape index (κ2) is 11.7. The van der Waals surface area contributed by atoms with Crippen LogP contribution in [0.1, 0.15) is 58.4 Å². The molecule has 0 spiro atoms. The van der Waals surface area contributed by atoms with Gasteiger partial charge < -0.3 is 14.8 Å². The van der Waals surface area contributed by atoms with Crippen LogP contribution in [0.4, 0.5) is 27.9 Å². The van der Waals surface area contributed by atoms with Crippen molar-refractivity contribution in [2.75, 3.05) is 11.4 Å². The summed E-state index contributed by atoms with van der Waals surface area (Å²) in [6.07, 6.45) is -5.97. The molecule has 0 radical (unpaired) electrons. The minimum Gasteiger partial charge on any atom is -0.444 e. The molecule has 1 unspecified atom stereocenters. The maximum atomic E-state index is 13.1. The summed E-state index contributed by atoms with van der Waals surface area (Å²) in [6, 6.07) is 5.61. The molecule has 0 aliphatic rings. The van der Waals surface area contributed by atoms with Crippen LogP contribution in [-0.4, -0.2) is 41.0 Å². The van der Waals surface area contributed by atoms with E-state index in [-0.39, 0.29) is 23.8 Å². The summed E-state index contributed by atoms with van der Waals surface area (Å²) >= 11 is 4.27. The van der Waals surface area contributed by atoms with Gasteiger partial charge in [0.05, 0.1) is 18.2 Å². The number of hydrogen-bond donors (Lipinski definition) is 1. The molecular formula is C24H28BrF3N4O4S. The third kappa shape index (κ3) is 9.85. The molecule has 0 saturated heterocycles. The zero-order valence-corrected chi connectivity index (χ0v) is 23.6. The van der Waals surface area contributed by atoms with Gasteiger partial charge in [-0.1, -0.05) is 23.5 Å². The molecule has 2 aromatic rings. The lowest BCUT2D eigenvalue weighted by molar-refractivity contribution is -0.137. The summed E-state index contributed by atoms with van der Waals surface area (Å²) in [5.74, 6) is 0. The number of alkyl carbamates (subject to hydrolysis) is 1. The van der Waals surface area contributed by atoms with Crippen LogP contribution in [0.25, 0.3) is 0 Å². The first-order valence-electron chi connectivity index (χ1n) is 11.1. The molecule has 1 N–H and O–H groups in total. The van der Waals surface area contributed by atoms with E-state index in [1.165, 1.54) is 17.0 Å². The van der Waals surface area contributed by atoms with E-state index in [1.807, 2.05) is 6.07 Å². The monoisotopic (exact) mass is 604 g/mol. The van der Waals surface area contributed by atoms with E-state index < -0.39 is 41.2 Å². The Kier molecular flexibility index (Phi) is 9.59. The average molecular weight is 605 g/mol. The van der Waals surface area contributed by atoms with Crippen molar-refractivity contribution in [1.29, 1.82) is 5.26 Å². The highest BCUT2D eigenvalue weighted by molar-refractivity contribution is 9.11. The highest BCUT2D eigenvalue weighted by Gasteiger charge is 2.32. The number of anilines is 1. The lowest BCUT2D eigenvalue weighted by atomic mass is 10.0. The summed E-state index contributed by atoms with van der Waals surface area (Å²) in [5, 5.41) is 12.1. The number of amides is 2. The van der Waals surface area contributed by atoms with Gasteiger partial charge in [0.2, 0.25) is 0 Å². The van der Waals surface area contributed by atoms with Crippen LogP contribution in [0.5, 0.6) is 0 Å². The number of nitrogens with one attached hydrogen (secondary N) is 1. The maximum absolute atomic E-state index is 13.1. The standard InChI is InChI=1S/C24H28BrF3N4O4S/c1-22(2,3)35-20(33)30-16(11-14-7-9-15(10-8-14)24(26,27)28)13-32(21(34)36-23(4,5)6)19-31-17(12-29)18(25)37-19/h7-10,16H,11,13H2,1-6H3,(H,30,33). The largest absolute Gasteiger partial charge is 0.444 e. The van der Waals surface area contributed by atoms with E-state index in [4.69, 9.17) is 9.47 Å². The topological polar surface area (TPSA) is 105 Å². The summed E-state index contributed by atoms with van der Waals surface area (Å²) in [4.78, 5) is 31.1. The van der Waals surface area contributed by atoms with Crippen LogP contribution >= 0.6 is 27.3 Å². The number of carbonyl (C=O) groups is 2. The van der Waals surface area contributed by atoms with Crippen LogP contribution in [0.15, 0.2) is 28.1 Å².